The third-order valence-electron chi connectivity index (χ3n) is 20.5. The van der Waals surface area contributed by atoms with Gasteiger partial charge < -0.3 is 0 Å². The zero-order chi connectivity index (χ0) is 70.7. The summed E-state index contributed by atoms with van der Waals surface area (Å²) in [5, 5.41) is 11.7. The van der Waals surface area contributed by atoms with E-state index in [-0.39, 0.29) is 0 Å². The molecule has 0 unspecified atom stereocenters. The normalized spacial score (nSPS) is 20.7. The fourth-order valence-corrected chi connectivity index (χ4v) is 303. The van der Waals surface area contributed by atoms with Crippen molar-refractivity contribution in [3.05, 3.63) is 115 Å². The van der Waals surface area contributed by atoms with E-state index in [1.807, 2.05) is 43.0 Å². The van der Waals surface area contributed by atoms with Crippen LogP contribution in [0.4, 0.5) is 0 Å². The number of rotatable bonds is 22. The van der Waals surface area contributed by atoms with E-state index in [2.05, 4.69) is 364 Å². The molecule has 2 fully saturated rings. The van der Waals surface area contributed by atoms with E-state index in [1.54, 1.807) is 33.4 Å². The SMILES string of the molecule is Cc1cc(C)c([Si]2(c3c(C([Si](C)(C)C)[Si](C)(C)C)cc(C([Si](C)(C)C)[Si](C)(C)C)cc3C([Si](C)(C)C)[Si](C)(C)C)[S][Ge]3([S]2)[S][Si](c2c(C)cc(C)cc2C)(c2c(C([Si](C)(C)C)[Si](C)(C)C)cc(C([Si](C)(C)C)[Si](C)(C)C)cc2C([Si](C)(C)C)[Si](C)(C)C)[S]3)c(C)c1. The van der Waals surface area contributed by atoms with E-state index in [1.165, 1.54) is 11.1 Å². The third kappa shape index (κ3) is 16.8. The summed E-state index contributed by atoms with van der Waals surface area (Å²) in [4.78, 5) is 0. The summed E-state index contributed by atoms with van der Waals surface area (Å²) in [6.07, 6.45) is -5.41. The molecule has 0 nitrogen and oxygen atoms in total. The van der Waals surface area contributed by atoms with E-state index in [0.717, 1.165) is 0 Å². The molecule has 0 radical (unpaired) electrons. The van der Waals surface area contributed by atoms with Gasteiger partial charge in [-0.25, -0.2) is 0 Å². The Morgan fingerprint density at radius 3 is 0.527 bits per heavy atom. The van der Waals surface area contributed by atoms with E-state index in [9.17, 15) is 0 Å². The van der Waals surface area contributed by atoms with Gasteiger partial charge in [0.05, 0.1) is 0 Å². The molecular weight excluding hydrogens is 1460 g/mol. The van der Waals surface area contributed by atoms with E-state index in [0.29, 0.717) is 31.0 Å². The fraction of sp³-hybridized carbons (Fsp3) is 0.667. The summed E-state index contributed by atoms with van der Waals surface area (Å²) in [7, 11) is -13.3. The number of aryl methyl sites for hydroxylation is 6. The van der Waals surface area contributed by atoms with Crippen LogP contribution in [0.5, 0.6) is 0 Å². The van der Waals surface area contributed by atoms with Crippen LogP contribution in [0.25, 0.3) is 0 Å². The molecule has 0 amide bonds. The maximum atomic E-state index is 3.09. The average molecular weight is 1600 g/mol. The molecule has 2 heterocycles. The van der Waals surface area contributed by atoms with Crippen LogP contribution >= 0.6 is 38.1 Å². The molecule has 4 aromatic rings. The summed E-state index contributed by atoms with van der Waals surface area (Å²) in [5.74, 6) is 0. The molecule has 2 saturated heterocycles. The van der Waals surface area contributed by atoms with Crippen molar-refractivity contribution in [1.82, 2.24) is 0 Å². The Labute approximate surface area is 594 Å². The molecule has 19 heteroatoms. The van der Waals surface area contributed by atoms with Gasteiger partial charge in [-0.3, -0.25) is 0 Å². The van der Waals surface area contributed by atoms with Gasteiger partial charge in [0.1, 0.15) is 0 Å². The molecule has 6 rings (SSSR count). The summed E-state index contributed by atoms with van der Waals surface area (Å²) in [5.41, 5.74) is 20.5. The molecular formula is C72H140GeS4Si14. The predicted octanol–water partition coefficient (Wildman–Crippen LogP) is 23.8. The second-order valence-corrected chi connectivity index (χ2v) is 165. The molecule has 91 heavy (non-hydrogen) atoms. The molecule has 0 aliphatic carbocycles. The summed E-state index contributed by atoms with van der Waals surface area (Å²) in [6.45, 7) is 116. The first-order valence-electron chi connectivity index (χ1n) is 35.4. The molecule has 4 aromatic carbocycles. The van der Waals surface area contributed by atoms with Crippen LogP contribution < -0.4 is 20.7 Å². The first kappa shape index (κ1) is 81.8. The molecule has 0 bridgehead atoms. The third-order valence-corrected chi connectivity index (χ3v) is 198. The predicted molar refractivity (Wildman–Crippen MR) is 477 cm³/mol. The van der Waals surface area contributed by atoms with Gasteiger partial charge in [0, 0.05) is 0 Å². The van der Waals surface area contributed by atoms with Crippen molar-refractivity contribution in [2.24, 2.45) is 0 Å². The van der Waals surface area contributed by atoms with Crippen LogP contribution in [0.15, 0.2) is 48.5 Å². The van der Waals surface area contributed by atoms with Crippen molar-refractivity contribution in [3.63, 3.8) is 0 Å². The molecule has 2 aliphatic rings. The Kier molecular flexibility index (Phi) is 23.6. The topological polar surface area (TPSA) is 0 Å². The van der Waals surface area contributed by atoms with Crippen LogP contribution in [-0.2, 0) is 0 Å². The quantitative estimate of drug-likeness (QED) is 0.0719. The molecule has 512 valence electrons. The van der Waals surface area contributed by atoms with E-state index in [4.69, 9.17) is 0 Å². The zero-order valence-electron chi connectivity index (χ0n) is 67.2. The van der Waals surface area contributed by atoms with Crippen LogP contribution in [0.2, 0.25) is 236 Å². The maximum absolute atomic E-state index is 3.09. The summed E-state index contributed by atoms with van der Waals surface area (Å²) in [6, 6.07) is 23.0. The number of hydrogen-bond donors (Lipinski definition) is 0. The molecule has 2 aliphatic heterocycles. The Bertz CT molecular complexity index is 2890. The van der Waals surface area contributed by atoms with Gasteiger partial charge in [-0.2, -0.15) is 0 Å². The molecule has 0 atom stereocenters. The minimum absolute atomic E-state index is 0.662. The first-order chi connectivity index (χ1) is 40.1. The van der Waals surface area contributed by atoms with E-state index < -0.39 is 118 Å². The number of hydrogen-bond acceptors (Lipinski definition) is 4. The van der Waals surface area contributed by atoms with Gasteiger partial charge in [0.2, 0.25) is 0 Å². The van der Waals surface area contributed by atoms with Gasteiger partial charge in [-0.15, -0.1) is 0 Å². The standard InChI is InChI=1S/C72H140GeS4Si14/c1-51-43-53(3)63(54(4)44-51)90(65-59(69(82(19,20)21)83(22,23)24)47-57(67(78(7,8)9)79(10,11)12)48-60(65)70(84(25,26)27)85(28,29)30)74-73(75-90)76-91(77-73,64-55(5)45-52(2)46-56(64)6)66-61(71(86(31,32)33)87(34,35)36)49-58(68(80(13,14)15)81(16,17)18)50-62(66)72(88(37,38)39)89(40,41)42/h43-50,67-72H,1-42H3. The zero-order valence-corrected chi connectivity index (χ0v) is 86.6. The minimum atomic E-state index is -3.09. The second-order valence-electron chi connectivity index (χ2n) is 42.8. The molecule has 0 aromatic heterocycles. The van der Waals surface area contributed by atoms with Gasteiger partial charge in [0.25, 0.3) is 0 Å². The molecule has 0 saturated carbocycles. The van der Waals surface area contributed by atoms with Crippen LogP contribution in [0, 0.1) is 41.5 Å². The Hall–Kier alpha value is 1.86. The van der Waals surface area contributed by atoms with Crippen molar-refractivity contribution in [1.29, 1.82) is 0 Å². The Morgan fingerprint density at radius 1 is 0.231 bits per heavy atom. The molecule has 1 spiro atoms. The molecule has 0 N–H and O–H groups in total. The van der Waals surface area contributed by atoms with Crippen molar-refractivity contribution in [2.45, 2.75) is 308 Å². The van der Waals surface area contributed by atoms with Crippen molar-refractivity contribution in [3.8, 4) is 0 Å². The Balaban J connectivity index is 1.98. The van der Waals surface area contributed by atoms with Gasteiger partial charge in [0.15, 0.2) is 0 Å². The van der Waals surface area contributed by atoms with Crippen LogP contribution in [0.1, 0.15) is 97.7 Å². The van der Waals surface area contributed by atoms with Crippen LogP contribution in [-0.4, -0.2) is 118 Å². The van der Waals surface area contributed by atoms with Crippen molar-refractivity contribution >= 4 is 177 Å². The van der Waals surface area contributed by atoms with E-state index >= 15 is 0 Å². The van der Waals surface area contributed by atoms with Crippen molar-refractivity contribution < 1.29 is 0 Å². The monoisotopic (exact) mass is 1600 g/mol. The van der Waals surface area contributed by atoms with Gasteiger partial charge in [-0.05, 0) is 0 Å². The Morgan fingerprint density at radius 2 is 0.385 bits per heavy atom. The fourth-order valence-electron chi connectivity index (χ4n) is 21.8. The first-order valence-corrected chi connectivity index (χ1v) is 98.8. The second kappa shape index (κ2) is 26.3. The van der Waals surface area contributed by atoms with Crippen molar-refractivity contribution in [2.75, 3.05) is 0 Å². The summed E-state index contributed by atoms with van der Waals surface area (Å²) >= 11 is 0. The summed E-state index contributed by atoms with van der Waals surface area (Å²) < 4.78 is 0. The average Bonchev–Trinajstić information content (AvgIpc) is 0.671. The van der Waals surface area contributed by atoms with Gasteiger partial charge >= 0.3 is 601 Å². The van der Waals surface area contributed by atoms with Gasteiger partial charge in [-0.1, -0.05) is 0 Å². The number of benzene rings is 4. The van der Waals surface area contributed by atoms with Crippen LogP contribution in [0.3, 0.4) is 0 Å².